The van der Waals surface area contributed by atoms with Crippen LogP contribution in [0.4, 0.5) is 11.9 Å². The zero-order valence-electron chi connectivity index (χ0n) is 5.99. The number of nitrogens with zero attached hydrogens (tertiary/aromatic N) is 3. The Morgan fingerprint density at radius 3 is 2.73 bits per heavy atom. The van der Waals surface area contributed by atoms with E-state index in [4.69, 9.17) is 17.3 Å². The summed E-state index contributed by atoms with van der Waals surface area (Å²) in [5.74, 6) is 6.08. The average Bonchev–Trinajstić information content (AvgIpc) is 2.36. The van der Waals surface area contributed by atoms with Crippen molar-refractivity contribution in [3.63, 3.8) is 0 Å². The third-order valence-corrected chi connectivity index (χ3v) is 1.13. The molecule has 0 aliphatic rings. The van der Waals surface area contributed by atoms with E-state index in [1.54, 1.807) is 0 Å². The molecule has 11 heavy (non-hydrogen) atoms. The van der Waals surface area contributed by atoms with Crippen LogP contribution in [0.25, 0.3) is 0 Å². The standard InChI is InChI=1S/C4H11N7/c5-1-2-11(7)4-8-3(6)9-10-4/h1-2,5,7H2,(H3,6,8,9,10). The average molecular weight is 157 g/mol. The van der Waals surface area contributed by atoms with Crippen LogP contribution in [-0.4, -0.2) is 28.3 Å². The van der Waals surface area contributed by atoms with E-state index in [9.17, 15) is 0 Å². The van der Waals surface area contributed by atoms with Crippen molar-refractivity contribution in [1.29, 1.82) is 0 Å². The highest BCUT2D eigenvalue weighted by atomic mass is 15.5. The van der Waals surface area contributed by atoms with Crippen LogP contribution in [0, 0.1) is 0 Å². The Kier molecular flexibility index (Phi) is 2.24. The normalized spacial score (nSPS) is 10.0. The minimum absolute atomic E-state index is 0.174. The van der Waals surface area contributed by atoms with Crippen LogP contribution in [-0.2, 0) is 0 Å². The fourth-order valence-corrected chi connectivity index (χ4v) is 0.639. The van der Waals surface area contributed by atoms with Gasteiger partial charge in [-0.2, -0.15) is 4.98 Å². The number of nitrogen functional groups attached to an aromatic ring is 1. The van der Waals surface area contributed by atoms with Crippen molar-refractivity contribution in [2.45, 2.75) is 0 Å². The zero-order chi connectivity index (χ0) is 8.27. The molecule has 7 nitrogen and oxygen atoms in total. The van der Waals surface area contributed by atoms with Crippen LogP contribution in [0.15, 0.2) is 0 Å². The Morgan fingerprint density at radius 2 is 2.27 bits per heavy atom. The van der Waals surface area contributed by atoms with Gasteiger partial charge in [-0.15, -0.1) is 5.10 Å². The third kappa shape index (κ3) is 1.79. The molecule has 0 radical (unpaired) electrons. The van der Waals surface area contributed by atoms with Gasteiger partial charge in [-0.05, 0) is 0 Å². The quantitative estimate of drug-likeness (QED) is 0.298. The minimum atomic E-state index is 0.174. The van der Waals surface area contributed by atoms with Gasteiger partial charge < -0.3 is 11.5 Å². The molecule has 0 bridgehead atoms. The zero-order valence-corrected chi connectivity index (χ0v) is 5.99. The molecule has 0 saturated heterocycles. The maximum absolute atomic E-state index is 5.48. The molecule has 0 aromatic carbocycles. The second-order valence-electron chi connectivity index (χ2n) is 2.00. The maximum Gasteiger partial charge on any atom is 0.241 e. The van der Waals surface area contributed by atoms with Crippen LogP contribution >= 0.6 is 0 Å². The number of rotatable bonds is 3. The van der Waals surface area contributed by atoms with Crippen LogP contribution in [0.1, 0.15) is 0 Å². The number of aromatic nitrogens is 3. The largest absolute Gasteiger partial charge is 0.366 e. The fourth-order valence-electron chi connectivity index (χ4n) is 0.639. The van der Waals surface area contributed by atoms with Crippen molar-refractivity contribution in [2.75, 3.05) is 23.8 Å². The number of nitrogens with one attached hydrogen (secondary N) is 1. The smallest absolute Gasteiger partial charge is 0.241 e. The first-order valence-corrected chi connectivity index (χ1v) is 3.14. The summed E-state index contributed by atoms with van der Waals surface area (Å²) in [5, 5.41) is 7.50. The van der Waals surface area contributed by atoms with Crippen molar-refractivity contribution in [3.8, 4) is 0 Å². The lowest BCUT2D eigenvalue weighted by Gasteiger charge is -2.11. The van der Waals surface area contributed by atoms with Crippen molar-refractivity contribution in [1.82, 2.24) is 15.2 Å². The number of aromatic amines is 1. The number of hydrogen-bond acceptors (Lipinski definition) is 6. The first kappa shape index (κ1) is 7.76. The number of anilines is 2. The van der Waals surface area contributed by atoms with Gasteiger partial charge >= 0.3 is 0 Å². The molecule has 0 aliphatic carbocycles. The molecule has 0 aliphatic heterocycles. The summed E-state index contributed by atoms with van der Waals surface area (Å²) in [6.45, 7) is 0.964. The summed E-state index contributed by atoms with van der Waals surface area (Å²) in [6.07, 6.45) is 0. The topological polar surface area (TPSA) is 123 Å². The lowest BCUT2D eigenvalue weighted by molar-refractivity contribution is 0.799. The second kappa shape index (κ2) is 3.17. The monoisotopic (exact) mass is 157 g/mol. The summed E-state index contributed by atoms with van der Waals surface area (Å²) < 4.78 is 0. The van der Waals surface area contributed by atoms with Crippen molar-refractivity contribution in [2.24, 2.45) is 11.6 Å². The molecule has 0 saturated carbocycles. The van der Waals surface area contributed by atoms with E-state index in [0.717, 1.165) is 0 Å². The molecule has 1 aromatic heterocycles. The minimum Gasteiger partial charge on any atom is -0.366 e. The molecule has 7 heteroatoms. The highest BCUT2D eigenvalue weighted by Gasteiger charge is 2.03. The molecular formula is C4H11N7. The molecule has 1 heterocycles. The van der Waals surface area contributed by atoms with Gasteiger partial charge in [-0.3, -0.25) is 5.01 Å². The summed E-state index contributed by atoms with van der Waals surface area (Å²) in [6, 6.07) is 0. The SMILES string of the molecule is NCCN(N)c1nc(N)n[nH]1. The van der Waals surface area contributed by atoms with E-state index in [-0.39, 0.29) is 5.95 Å². The Balaban J connectivity index is 2.60. The number of hydrogen-bond donors (Lipinski definition) is 4. The van der Waals surface area contributed by atoms with Gasteiger partial charge in [-0.1, -0.05) is 0 Å². The van der Waals surface area contributed by atoms with Gasteiger partial charge in [0.15, 0.2) is 0 Å². The molecule has 0 atom stereocenters. The van der Waals surface area contributed by atoms with Crippen molar-refractivity contribution >= 4 is 11.9 Å². The van der Waals surface area contributed by atoms with Crippen LogP contribution in [0.2, 0.25) is 0 Å². The lowest BCUT2D eigenvalue weighted by Crippen LogP contribution is -2.36. The second-order valence-corrected chi connectivity index (χ2v) is 2.00. The number of H-pyrrole nitrogens is 1. The number of hydrazine groups is 1. The first-order chi connectivity index (χ1) is 5.24. The van der Waals surface area contributed by atoms with Gasteiger partial charge in [0.25, 0.3) is 0 Å². The van der Waals surface area contributed by atoms with Gasteiger partial charge in [0.05, 0.1) is 0 Å². The predicted octanol–water partition coefficient (Wildman–Crippen LogP) is -1.97. The number of nitrogens with two attached hydrogens (primary N) is 3. The van der Waals surface area contributed by atoms with Crippen LogP contribution in [0.3, 0.4) is 0 Å². The van der Waals surface area contributed by atoms with Crippen molar-refractivity contribution in [3.05, 3.63) is 0 Å². The fraction of sp³-hybridized carbons (Fsp3) is 0.500. The highest BCUT2D eigenvalue weighted by molar-refractivity contribution is 5.31. The molecule has 1 aromatic rings. The van der Waals surface area contributed by atoms with E-state index in [0.29, 0.717) is 19.0 Å². The molecule has 0 spiro atoms. The van der Waals surface area contributed by atoms with Crippen LogP contribution < -0.4 is 22.3 Å². The van der Waals surface area contributed by atoms with Gasteiger partial charge in [0.2, 0.25) is 11.9 Å². The van der Waals surface area contributed by atoms with E-state index in [1.165, 1.54) is 5.01 Å². The molecule has 1 rings (SSSR count). The highest BCUT2D eigenvalue weighted by Crippen LogP contribution is 2.01. The Bertz CT molecular complexity index is 218. The maximum atomic E-state index is 5.48. The van der Waals surface area contributed by atoms with E-state index >= 15 is 0 Å². The third-order valence-electron chi connectivity index (χ3n) is 1.13. The van der Waals surface area contributed by atoms with Gasteiger partial charge in [0.1, 0.15) is 0 Å². The predicted molar refractivity (Wildman–Crippen MR) is 41.4 cm³/mol. The molecule has 0 amide bonds. The molecule has 62 valence electrons. The van der Waals surface area contributed by atoms with E-state index < -0.39 is 0 Å². The first-order valence-electron chi connectivity index (χ1n) is 3.14. The van der Waals surface area contributed by atoms with E-state index in [2.05, 4.69) is 15.2 Å². The summed E-state index contributed by atoms with van der Waals surface area (Å²) >= 11 is 0. The van der Waals surface area contributed by atoms with Crippen molar-refractivity contribution < 1.29 is 0 Å². The molecule has 0 fully saturated rings. The Hall–Kier alpha value is -1.34. The van der Waals surface area contributed by atoms with Gasteiger partial charge in [0, 0.05) is 13.1 Å². The summed E-state index contributed by atoms with van der Waals surface area (Å²) in [5.41, 5.74) is 10.5. The Morgan fingerprint density at radius 1 is 1.55 bits per heavy atom. The molecule has 7 N–H and O–H groups in total. The van der Waals surface area contributed by atoms with E-state index in [1.807, 2.05) is 0 Å². The van der Waals surface area contributed by atoms with Gasteiger partial charge in [-0.25, -0.2) is 10.9 Å². The summed E-state index contributed by atoms with van der Waals surface area (Å²) in [7, 11) is 0. The lowest BCUT2D eigenvalue weighted by atomic mass is 10.6. The molecular weight excluding hydrogens is 146 g/mol. The molecule has 0 unspecified atom stereocenters. The summed E-state index contributed by atoms with van der Waals surface area (Å²) in [4.78, 5) is 3.79. The van der Waals surface area contributed by atoms with Crippen LogP contribution in [0.5, 0.6) is 0 Å². The Labute approximate surface area is 63.5 Å².